The van der Waals surface area contributed by atoms with Crippen LogP contribution in [0.25, 0.3) is 11.3 Å². The Kier molecular flexibility index (Phi) is 9.00. The van der Waals surface area contributed by atoms with Gasteiger partial charge in [-0.05, 0) is 67.9 Å². The van der Waals surface area contributed by atoms with Crippen molar-refractivity contribution in [2.24, 2.45) is 0 Å². The normalized spacial score (nSPS) is 11.2. The van der Waals surface area contributed by atoms with E-state index in [4.69, 9.17) is 0 Å². The summed E-state index contributed by atoms with van der Waals surface area (Å²) in [6, 6.07) is 15.0. The Balaban J connectivity index is 1.46. The molecule has 1 aromatic heterocycles. The standard InChI is InChI=1S/C25H29BrFN3O2/c1-2-29(18-19-8-7-9-21(27)16-19)14-5-3-4-6-15-30-25(32)13-11-23(28-30)22-17-20(26)10-12-24(22)31/h7-13,16-17,31H,2-6,14-15,18H2,1H3. The van der Waals surface area contributed by atoms with E-state index in [1.165, 1.54) is 16.8 Å². The van der Waals surface area contributed by atoms with Crippen LogP contribution in [0, 0.1) is 5.82 Å². The number of aromatic nitrogens is 2. The molecule has 0 aliphatic carbocycles. The highest BCUT2D eigenvalue weighted by Crippen LogP contribution is 2.29. The summed E-state index contributed by atoms with van der Waals surface area (Å²) in [5, 5.41) is 14.6. The van der Waals surface area contributed by atoms with Crippen LogP contribution in [-0.4, -0.2) is 32.9 Å². The summed E-state index contributed by atoms with van der Waals surface area (Å²) in [6.45, 7) is 5.30. The Labute approximate surface area is 196 Å². The van der Waals surface area contributed by atoms with Gasteiger partial charge in [0.05, 0.1) is 5.69 Å². The summed E-state index contributed by atoms with van der Waals surface area (Å²) in [5.74, 6) is -0.0637. The molecule has 170 valence electrons. The molecule has 3 rings (SSSR count). The number of rotatable bonds is 11. The first-order valence-electron chi connectivity index (χ1n) is 11.0. The van der Waals surface area contributed by atoms with E-state index in [1.54, 1.807) is 36.4 Å². The van der Waals surface area contributed by atoms with Crippen LogP contribution >= 0.6 is 15.9 Å². The molecule has 0 fully saturated rings. The van der Waals surface area contributed by atoms with Crippen molar-refractivity contribution in [3.63, 3.8) is 0 Å². The number of phenolic OH excluding ortho intramolecular Hbond substituents is 1. The van der Waals surface area contributed by atoms with Gasteiger partial charge in [-0.3, -0.25) is 9.69 Å². The summed E-state index contributed by atoms with van der Waals surface area (Å²) in [5.41, 5.74) is 2.01. The maximum absolute atomic E-state index is 13.4. The van der Waals surface area contributed by atoms with Crippen LogP contribution in [0.3, 0.4) is 0 Å². The highest BCUT2D eigenvalue weighted by Gasteiger charge is 2.09. The van der Waals surface area contributed by atoms with Crippen molar-refractivity contribution >= 4 is 15.9 Å². The maximum Gasteiger partial charge on any atom is 0.266 e. The summed E-state index contributed by atoms with van der Waals surface area (Å²) in [4.78, 5) is 14.5. The minimum absolute atomic E-state index is 0.129. The monoisotopic (exact) mass is 501 g/mol. The number of hydrogen-bond donors (Lipinski definition) is 1. The zero-order valence-corrected chi connectivity index (χ0v) is 19.9. The third-order valence-corrected chi connectivity index (χ3v) is 5.93. The number of halogens is 2. The van der Waals surface area contributed by atoms with Gasteiger partial charge in [-0.25, -0.2) is 9.07 Å². The van der Waals surface area contributed by atoms with Crippen molar-refractivity contribution < 1.29 is 9.50 Å². The first-order valence-corrected chi connectivity index (χ1v) is 11.8. The molecule has 0 radical (unpaired) electrons. The lowest BCUT2D eigenvalue weighted by Crippen LogP contribution is -2.24. The van der Waals surface area contributed by atoms with Gasteiger partial charge in [-0.2, -0.15) is 5.10 Å². The topological polar surface area (TPSA) is 58.4 Å². The molecule has 0 spiro atoms. The zero-order valence-electron chi connectivity index (χ0n) is 18.3. The van der Waals surface area contributed by atoms with Crippen LogP contribution in [0.2, 0.25) is 0 Å². The molecule has 0 amide bonds. The molecule has 5 nitrogen and oxygen atoms in total. The van der Waals surface area contributed by atoms with Crippen molar-refractivity contribution in [1.82, 2.24) is 14.7 Å². The lowest BCUT2D eigenvalue weighted by atomic mass is 10.1. The second-order valence-electron chi connectivity index (χ2n) is 7.85. The smallest absolute Gasteiger partial charge is 0.266 e. The number of hydrogen-bond acceptors (Lipinski definition) is 4. The Morgan fingerprint density at radius 2 is 1.88 bits per heavy atom. The molecule has 0 aliphatic rings. The predicted molar refractivity (Wildman–Crippen MR) is 129 cm³/mol. The molecule has 0 bridgehead atoms. The largest absolute Gasteiger partial charge is 0.507 e. The predicted octanol–water partition coefficient (Wildman–Crippen LogP) is 5.60. The first kappa shape index (κ1) is 24.1. The van der Waals surface area contributed by atoms with Gasteiger partial charge in [0.15, 0.2) is 0 Å². The molecule has 0 saturated heterocycles. The van der Waals surface area contributed by atoms with Crippen molar-refractivity contribution in [3.8, 4) is 17.0 Å². The summed E-state index contributed by atoms with van der Waals surface area (Å²) < 4.78 is 15.7. The van der Waals surface area contributed by atoms with Crippen molar-refractivity contribution in [1.29, 1.82) is 0 Å². The molecule has 7 heteroatoms. The van der Waals surface area contributed by atoms with Gasteiger partial charge < -0.3 is 5.11 Å². The molecular weight excluding hydrogens is 473 g/mol. The lowest BCUT2D eigenvalue weighted by Gasteiger charge is -2.20. The van der Waals surface area contributed by atoms with Gasteiger partial charge in [0, 0.05) is 29.2 Å². The highest BCUT2D eigenvalue weighted by molar-refractivity contribution is 9.10. The van der Waals surface area contributed by atoms with Crippen molar-refractivity contribution in [2.45, 2.75) is 45.7 Å². The molecular formula is C25H29BrFN3O2. The van der Waals surface area contributed by atoms with E-state index in [2.05, 4.69) is 32.9 Å². The number of unbranched alkanes of at least 4 members (excludes halogenated alkanes) is 3. The summed E-state index contributed by atoms with van der Waals surface area (Å²) >= 11 is 3.40. The van der Waals surface area contributed by atoms with Crippen LogP contribution in [0.15, 0.2) is 63.9 Å². The van der Waals surface area contributed by atoms with E-state index >= 15 is 0 Å². The van der Waals surface area contributed by atoms with E-state index in [9.17, 15) is 14.3 Å². The summed E-state index contributed by atoms with van der Waals surface area (Å²) in [7, 11) is 0. The van der Waals surface area contributed by atoms with E-state index in [-0.39, 0.29) is 17.1 Å². The van der Waals surface area contributed by atoms with Gasteiger partial charge in [0.25, 0.3) is 5.56 Å². The number of aryl methyl sites for hydroxylation is 1. The van der Waals surface area contributed by atoms with E-state index in [0.29, 0.717) is 17.8 Å². The molecule has 0 unspecified atom stereocenters. The minimum atomic E-state index is -0.193. The van der Waals surface area contributed by atoms with Crippen LogP contribution in [0.1, 0.15) is 38.2 Å². The molecule has 32 heavy (non-hydrogen) atoms. The van der Waals surface area contributed by atoms with E-state index in [0.717, 1.165) is 55.4 Å². The third kappa shape index (κ3) is 7.00. The van der Waals surface area contributed by atoms with Gasteiger partial charge in [0.1, 0.15) is 11.6 Å². The fourth-order valence-corrected chi connectivity index (χ4v) is 4.02. The Morgan fingerprint density at radius 3 is 2.66 bits per heavy atom. The molecule has 0 atom stereocenters. The number of aromatic hydroxyl groups is 1. The Morgan fingerprint density at radius 1 is 1.06 bits per heavy atom. The van der Waals surface area contributed by atoms with E-state index in [1.807, 2.05) is 6.07 Å². The maximum atomic E-state index is 13.4. The Hall–Kier alpha value is -2.51. The second-order valence-corrected chi connectivity index (χ2v) is 8.77. The first-order chi connectivity index (χ1) is 15.5. The number of nitrogens with zero attached hydrogens (tertiary/aromatic N) is 3. The van der Waals surface area contributed by atoms with Gasteiger partial charge in [0.2, 0.25) is 0 Å². The Bertz CT molecular complexity index is 1090. The molecule has 1 heterocycles. The van der Waals surface area contributed by atoms with Gasteiger partial charge >= 0.3 is 0 Å². The number of phenols is 1. The SMILES string of the molecule is CCN(CCCCCCn1nc(-c2cc(Br)ccc2O)ccc1=O)Cc1cccc(F)c1. The average molecular weight is 502 g/mol. The van der Waals surface area contributed by atoms with Crippen LogP contribution in [0.5, 0.6) is 5.75 Å². The van der Waals surface area contributed by atoms with Crippen molar-refractivity contribution in [3.05, 3.63) is 80.8 Å². The quantitative estimate of drug-likeness (QED) is 0.347. The molecule has 3 aromatic rings. The number of benzene rings is 2. The fourth-order valence-electron chi connectivity index (χ4n) is 3.66. The van der Waals surface area contributed by atoms with Crippen LogP contribution < -0.4 is 5.56 Å². The van der Waals surface area contributed by atoms with Gasteiger partial charge in [-0.15, -0.1) is 0 Å². The van der Waals surface area contributed by atoms with E-state index < -0.39 is 0 Å². The summed E-state index contributed by atoms with van der Waals surface area (Å²) in [6.07, 6.45) is 3.97. The molecule has 1 N–H and O–H groups in total. The molecule has 0 aliphatic heterocycles. The van der Waals surface area contributed by atoms with Crippen molar-refractivity contribution in [2.75, 3.05) is 13.1 Å². The average Bonchev–Trinajstić information content (AvgIpc) is 2.78. The highest BCUT2D eigenvalue weighted by atomic mass is 79.9. The van der Waals surface area contributed by atoms with Gasteiger partial charge in [-0.1, -0.05) is 47.8 Å². The molecule has 0 saturated carbocycles. The second kappa shape index (κ2) is 11.9. The minimum Gasteiger partial charge on any atom is -0.507 e. The zero-order chi connectivity index (χ0) is 22.9. The van der Waals surface area contributed by atoms with Crippen LogP contribution in [-0.2, 0) is 13.1 Å². The van der Waals surface area contributed by atoms with Crippen LogP contribution in [0.4, 0.5) is 4.39 Å². The lowest BCUT2D eigenvalue weighted by molar-refractivity contribution is 0.271. The molecule has 2 aromatic carbocycles. The third-order valence-electron chi connectivity index (χ3n) is 5.44. The fraction of sp³-hybridized carbons (Fsp3) is 0.360.